The van der Waals surface area contributed by atoms with E-state index in [1.54, 1.807) is 24.3 Å². The quantitative estimate of drug-likeness (QED) is 0.166. The number of nitrogens with zero attached hydrogens (tertiary/aromatic N) is 3. The van der Waals surface area contributed by atoms with Gasteiger partial charge < -0.3 is 14.2 Å². The highest BCUT2D eigenvalue weighted by Crippen LogP contribution is 2.29. The Kier molecular flexibility index (Phi) is 8.32. The van der Waals surface area contributed by atoms with Crippen LogP contribution in [-0.2, 0) is 4.79 Å². The second kappa shape index (κ2) is 11.8. The lowest BCUT2D eigenvalue weighted by Gasteiger charge is -2.10. The molecule has 0 aliphatic carbocycles. The fourth-order valence-electron chi connectivity index (χ4n) is 3.65. The van der Waals surface area contributed by atoms with Crippen LogP contribution in [0.2, 0.25) is 0 Å². The Hall–Kier alpha value is -3.72. The number of carbonyl (C=O) groups is 1. The summed E-state index contributed by atoms with van der Waals surface area (Å²) in [5.74, 6) is 1.64. The fraction of sp³-hybridized carbons (Fsp3) is 0.333. The van der Waals surface area contributed by atoms with Gasteiger partial charge in [-0.1, -0.05) is 43.6 Å². The number of hydrogen-bond acceptors (Lipinski definition) is 8. The predicted molar refractivity (Wildman–Crippen MR) is 140 cm³/mol. The summed E-state index contributed by atoms with van der Waals surface area (Å²) in [7, 11) is 0. The highest BCUT2D eigenvalue weighted by atomic mass is 32.1. The molecule has 0 saturated heterocycles. The van der Waals surface area contributed by atoms with Gasteiger partial charge in [0, 0.05) is 12.5 Å². The fourth-order valence-corrected chi connectivity index (χ4v) is 4.56. The Bertz CT molecular complexity index is 1440. The highest BCUT2D eigenvalue weighted by Gasteiger charge is 2.13. The number of fused-ring (bicyclic) bond motifs is 1. The summed E-state index contributed by atoms with van der Waals surface area (Å²) in [6, 6.07) is 12.7. The molecule has 4 rings (SSSR count). The normalized spacial score (nSPS) is 11.7. The van der Waals surface area contributed by atoms with Crippen LogP contribution in [0, 0.1) is 0 Å². The maximum Gasteiger partial charge on any atom is 0.308 e. The van der Waals surface area contributed by atoms with Crippen LogP contribution in [0.1, 0.15) is 52.0 Å². The van der Waals surface area contributed by atoms with Crippen molar-refractivity contribution in [2.24, 2.45) is 0 Å². The van der Waals surface area contributed by atoms with Gasteiger partial charge in [0.05, 0.1) is 17.7 Å². The predicted octanol–water partition coefficient (Wildman–Crippen LogP) is 4.65. The number of hydrogen-bond donors (Lipinski definition) is 0. The van der Waals surface area contributed by atoms with Crippen LogP contribution < -0.4 is 24.3 Å². The molecule has 0 aliphatic rings. The number of benzene rings is 2. The van der Waals surface area contributed by atoms with Gasteiger partial charge in [0.25, 0.3) is 5.56 Å². The number of rotatable bonds is 11. The van der Waals surface area contributed by atoms with Crippen molar-refractivity contribution in [3.63, 3.8) is 0 Å². The summed E-state index contributed by atoms with van der Waals surface area (Å²) in [5, 5.41) is 4.42. The summed E-state index contributed by atoms with van der Waals surface area (Å²) in [6.45, 7) is 6.48. The number of thiazole rings is 1. The Balaban J connectivity index is 1.53. The van der Waals surface area contributed by atoms with Gasteiger partial charge in [0.2, 0.25) is 4.96 Å². The first-order valence-corrected chi connectivity index (χ1v) is 12.9. The van der Waals surface area contributed by atoms with Crippen molar-refractivity contribution in [1.29, 1.82) is 0 Å². The second-order valence-electron chi connectivity index (χ2n) is 8.21. The van der Waals surface area contributed by atoms with Gasteiger partial charge in [-0.15, -0.1) is 5.10 Å². The standard InChI is InChI=1S/C27H29N3O5S/c1-4-6-7-8-15-34-21-12-10-20(11-13-21)25-28-27-30(29-25)26(32)24(36-27)17-19-9-14-22(35-18(3)31)23(16-19)33-5-2/h9-14,16-17H,4-8,15H2,1-3H3/b24-17+. The van der Waals surface area contributed by atoms with Crippen molar-refractivity contribution < 1.29 is 19.0 Å². The molecule has 0 fully saturated rings. The largest absolute Gasteiger partial charge is 0.494 e. The van der Waals surface area contributed by atoms with E-state index in [0.717, 1.165) is 23.3 Å². The third kappa shape index (κ3) is 6.09. The summed E-state index contributed by atoms with van der Waals surface area (Å²) in [6.07, 6.45) is 6.39. The Morgan fingerprint density at radius 2 is 1.83 bits per heavy atom. The molecule has 4 aromatic rings. The lowest BCUT2D eigenvalue weighted by molar-refractivity contribution is -0.132. The molecule has 0 bridgehead atoms. The van der Waals surface area contributed by atoms with E-state index in [4.69, 9.17) is 14.2 Å². The lowest BCUT2D eigenvalue weighted by atomic mass is 10.2. The van der Waals surface area contributed by atoms with Gasteiger partial charge in [0.15, 0.2) is 17.3 Å². The number of ether oxygens (including phenoxy) is 3. The van der Waals surface area contributed by atoms with Crippen molar-refractivity contribution in [3.05, 3.63) is 62.9 Å². The third-order valence-electron chi connectivity index (χ3n) is 5.38. The van der Waals surface area contributed by atoms with Crippen LogP contribution in [-0.4, -0.2) is 33.8 Å². The SMILES string of the molecule is CCCCCCOc1ccc(-c2nc3s/c(=C/c4ccc(OC(C)=O)c(OCC)c4)c(=O)n3n2)cc1. The van der Waals surface area contributed by atoms with E-state index in [1.807, 2.05) is 31.2 Å². The van der Waals surface area contributed by atoms with Crippen LogP contribution in [0.3, 0.4) is 0 Å². The van der Waals surface area contributed by atoms with E-state index in [9.17, 15) is 9.59 Å². The molecule has 0 atom stereocenters. The smallest absolute Gasteiger partial charge is 0.308 e. The molecule has 188 valence electrons. The maximum absolute atomic E-state index is 13.0. The minimum absolute atomic E-state index is 0.247. The number of esters is 1. The van der Waals surface area contributed by atoms with Crippen LogP contribution in [0.4, 0.5) is 0 Å². The third-order valence-corrected chi connectivity index (χ3v) is 6.34. The second-order valence-corrected chi connectivity index (χ2v) is 9.22. The van der Waals surface area contributed by atoms with Crippen LogP contribution in [0.15, 0.2) is 47.3 Å². The maximum atomic E-state index is 13.0. The van der Waals surface area contributed by atoms with Gasteiger partial charge in [-0.3, -0.25) is 9.59 Å². The van der Waals surface area contributed by atoms with E-state index >= 15 is 0 Å². The van der Waals surface area contributed by atoms with Gasteiger partial charge in [0.1, 0.15) is 5.75 Å². The summed E-state index contributed by atoms with van der Waals surface area (Å²) in [4.78, 5) is 29.4. The van der Waals surface area contributed by atoms with E-state index in [-0.39, 0.29) is 5.56 Å². The van der Waals surface area contributed by atoms with Crippen molar-refractivity contribution >= 4 is 28.3 Å². The molecule has 0 radical (unpaired) electrons. The average molecular weight is 508 g/mol. The summed E-state index contributed by atoms with van der Waals surface area (Å²) < 4.78 is 18.4. The minimum Gasteiger partial charge on any atom is -0.494 e. The Morgan fingerprint density at radius 3 is 2.53 bits per heavy atom. The molecule has 2 heterocycles. The molecule has 2 aromatic carbocycles. The van der Waals surface area contributed by atoms with E-state index in [1.165, 1.54) is 42.0 Å². The first-order chi connectivity index (χ1) is 17.5. The first-order valence-electron chi connectivity index (χ1n) is 12.1. The van der Waals surface area contributed by atoms with Crippen molar-refractivity contribution in [2.45, 2.75) is 46.5 Å². The van der Waals surface area contributed by atoms with Crippen LogP contribution in [0.5, 0.6) is 17.2 Å². The molecular weight excluding hydrogens is 478 g/mol. The molecule has 8 nitrogen and oxygen atoms in total. The van der Waals surface area contributed by atoms with Gasteiger partial charge in [-0.25, -0.2) is 0 Å². The van der Waals surface area contributed by atoms with Gasteiger partial charge in [-0.05, 0) is 61.4 Å². The van der Waals surface area contributed by atoms with Crippen molar-refractivity contribution in [1.82, 2.24) is 14.6 Å². The number of aromatic nitrogens is 3. The zero-order chi connectivity index (χ0) is 25.5. The summed E-state index contributed by atoms with van der Waals surface area (Å²) >= 11 is 1.26. The molecule has 9 heteroatoms. The number of carbonyl (C=O) groups excluding carboxylic acids is 1. The first kappa shape index (κ1) is 25.4. The molecule has 0 N–H and O–H groups in total. The van der Waals surface area contributed by atoms with Gasteiger partial charge >= 0.3 is 5.97 Å². The Morgan fingerprint density at radius 1 is 1.03 bits per heavy atom. The zero-order valence-corrected chi connectivity index (χ0v) is 21.5. The van der Waals surface area contributed by atoms with E-state index in [0.29, 0.717) is 40.0 Å². The molecule has 36 heavy (non-hydrogen) atoms. The lowest BCUT2D eigenvalue weighted by Crippen LogP contribution is -2.23. The average Bonchev–Trinajstić information content (AvgIpc) is 3.40. The van der Waals surface area contributed by atoms with E-state index in [2.05, 4.69) is 17.0 Å². The molecular formula is C27H29N3O5S. The minimum atomic E-state index is -0.430. The van der Waals surface area contributed by atoms with Crippen LogP contribution >= 0.6 is 11.3 Å². The molecule has 0 aliphatic heterocycles. The van der Waals surface area contributed by atoms with Crippen molar-refractivity contribution in [3.8, 4) is 28.6 Å². The number of unbranched alkanes of at least 4 members (excludes halogenated alkanes) is 3. The Labute approximate surface area is 213 Å². The zero-order valence-electron chi connectivity index (χ0n) is 20.7. The monoisotopic (exact) mass is 507 g/mol. The van der Waals surface area contributed by atoms with Crippen molar-refractivity contribution in [2.75, 3.05) is 13.2 Å². The highest BCUT2D eigenvalue weighted by molar-refractivity contribution is 7.15. The summed E-state index contributed by atoms with van der Waals surface area (Å²) in [5.41, 5.74) is 1.31. The van der Waals surface area contributed by atoms with E-state index < -0.39 is 5.97 Å². The molecule has 2 aromatic heterocycles. The molecule has 0 saturated carbocycles. The molecule has 0 amide bonds. The van der Waals surface area contributed by atoms with Crippen LogP contribution in [0.25, 0.3) is 22.4 Å². The molecule has 0 unspecified atom stereocenters. The molecule has 0 spiro atoms. The topological polar surface area (TPSA) is 92.0 Å². The van der Waals surface area contributed by atoms with Gasteiger partial charge in [-0.2, -0.15) is 9.50 Å².